The molecule has 0 fully saturated rings. The Morgan fingerprint density at radius 1 is 1.16 bits per heavy atom. The fourth-order valence-corrected chi connectivity index (χ4v) is 3.45. The van der Waals surface area contributed by atoms with E-state index in [1.165, 1.54) is 11.8 Å². The number of carbonyl (C=O) groups is 1. The molecule has 152 valence electrons. The molecule has 0 aliphatic heterocycles. The van der Waals surface area contributed by atoms with Crippen LogP contribution in [-0.4, -0.2) is 36.5 Å². The van der Waals surface area contributed by atoms with E-state index in [9.17, 15) is 14.9 Å². The normalized spacial score (nSPS) is 10.4. The summed E-state index contributed by atoms with van der Waals surface area (Å²) in [4.78, 5) is 32.1. The lowest BCUT2D eigenvalue weighted by molar-refractivity contribution is 0.102. The number of tetrazole rings is 1. The molecule has 0 radical (unpaired) electrons. The molecular formula is C20H14N8O2S. The number of benzene rings is 2. The maximum absolute atomic E-state index is 12.6. The molecular weight excluding hydrogens is 416 g/mol. The Balaban J connectivity index is 1.65. The van der Waals surface area contributed by atoms with E-state index in [2.05, 4.69) is 35.9 Å². The van der Waals surface area contributed by atoms with E-state index in [4.69, 9.17) is 0 Å². The molecule has 0 bridgehead atoms. The molecule has 2 aromatic heterocycles. The summed E-state index contributed by atoms with van der Waals surface area (Å²) in [6, 6.07) is 17.5. The Bertz CT molecular complexity index is 1310. The standard InChI is InChI=1S/C20H14N8O2S/c21-10-15-17(23-20(24-19(15)30)31-11-16-25-27-28-26-16)12-5-4-6-13(9-12)18(29)22-14-7-2-1-3-8-14/h1-9H,11H2,(H,22,29)(H,23,24,30)(H,25,26,27,28). The summed E-state index contributed by atoms with van der Waals surface area (Å²) in [6.07, 6.45) is 0. The van der Waals surface area contributed by atoms with Gasteiger partial charge in [-0.1, -0.05) is 47.3 Å². The lowest BCUT2D eigenvalue weighted by Crippen LogP contribution is -2.15. The van der Waals surface area contributed by atoms with Crippen LogP contribution in [0.15, 0.2) is 64.5 Å². The number of nitrogens with one attached hydrogen (secondary N) is 3. The molecule has 0 aliphatic rings. The molecule has 2 heterocycles. The van der Waals surface area contributed by atoms with Crippen LogP contribution in [0.5, 0.6) is 0 Å². The van der Waals surface area contributed by atoms with Gasteiger partial charge in [-0.25, -0.2) is 4.98 Å². The minimum absolute atomic E-state index is 0.135. The summed E-state index contributed by atoms with van der Waals surface area (Å²) in [7, 11) is 0. The van der Waals surface area contributed by atoms with Gasteiger partial charge < -0.3 is 10.3 Å². The molecule has 0 atom stereocenters. The minimum Gasteiger partial charge on any atom is -0.322 e. The number of amides is 1. The third kappa shape index (κ3) is 4.65. The van der Waals surface area contributed by atoms with E-state index in [-0.39, 0.29) is 17.2 Å². The molecule has 0 spiro atoms. The molecule has 31 heavy (non-hydrogen) atoms. The Morgan fingerprint density at radius 3 is 2.74 bits per heavy atom. The van der Waals surface area contributed by atoms with Gasteiger partial charge in [-0.3, -0.25) is 9.59 Å². The molecule has 0 saturated heterocycles. The summed E-state index contributed by atoms with van der Waals surface area (Å²) < 4.78 is 0. The van der Waals surface area contributed by atoms with E-state index in [1.54, 1.807) is 36.4 Å². The Labute approximate surface area is 179 Å². The zero-order valence-corrected chi connectivity index (χ0v) is 16.7. The van der Waals surface area contributed by atoms with Gasteiger partial charge in [0.2, 0.25) is 0 Å². The smallest absolute Gasteiger partial charge is 0.270 e. The first-order chi connectivity index (χ1) is 15.1. The molecule has 0 saturated carbocycles. The van der Waals surface area contributed by atoms with E-state index in [0.29, 0.717) is 33.5 Å². The van der Waals surface area contributed by atoms with Crippen LogP contribution < -0.4 is 10.9 Å². The summed E-state index contributed by atoms with van der Waals surface area (Å²) in [5, 5.41) is 26.1. The number of anilines is 1. The number of H-pyrrole nitrogens is 2. The summed E-state index contributed by atoms with van der Waals surface area (Å²) >= 11 is 1.19. The highest BCUT2D eigenvalue weighted by Crippen LogP contribution is 2.24. The van der Waals surface area contributed by atoms with Gasteiger partial charge in [0.1, 0.15) is 11.6 Å². The first kappa shape index (κ1) is 20.0. The monoisotopic (exact) mass is 430 g/mol. The first-order valence-corrected chi connectivity index (χ1v) is 9.99. The van der Waals surface area contributed by atoms with Crippen molar-refractivity contribution in [3.63, 3.8) is 0 Å². The molecule has 0 unspecified atom stereocenters. The SMILES string of the molecule is N#Cc1c(-c2cccc(C(=O)Nc3ccccc3)c2)nc(SCc2nn[nH]n2)[nH]c1=O. The molecule has 11 heteroatoms. The maximum Gasteiger partial charge on any atom is 0.270 e. The molecule has 4 rings (SSSR count). The number of nitriles is 1. The summed E-state index contributed by atoms with van der Waals surface area (Å²) in [6.45, 7) is 0. The van der Waals surface area contributed by atoms with Gasteiger partial charge in [-0.05, 0) is 24.3 Å². The highest BCUT2D eigenvalue weighted by Gasteiger charge is 2.16. The predicted molar refractivity (Wildman–Crippen MR) is 113 cm³/mol. The van der Waals surface area contributed by atoms with E-state index in [0.717, 1.165) is 0 Å². The van der Waals surface area contributed by atoms with Crippen LogP contribution in [0.3, 0.4) is 0 Å². The van der Waals surface area contributed by atoms with Crippen LogP contribution >= 0.6 is 11.8 Å². The van der Waals surface area contributed by atoms with Gasteiger partial charge in [0.15, 0.2) is 11.0 Å². The van der Waals surface area contributed by atoms with Crippen molar-refractivity contribution in [1.29, 1.82) is 5.26 Å². The van der Waals surface area contributed by atoms with Crippen LogP contribution in [0, 0.1) is 11.3 Å². The Kier molecular flexibility index (Phi) is 5.82. The fourth-order valence-electron chi connectivity index (χ4n) is 2.74. The average molecular weight is 430 g/mol. The van der Waals surface area contributed by atoms with Crippen LogP contribution in [0.1, 0.15) is 21.7 Å². The van der Waals surface area contributed by atoms with Gasteiger partial charge in [-0.15, -0.1) is 10.2 Å². The number of aromatic nitrogens is 6. The molecule has 4 aromatic rings. The average Bonchev–Trinajstić information content (AvgIpc) is 3.32. The van der Waals surface area contributed by atoms with Crippen molar-refractivity contribution in [3.8, 4) is 17.3 Å². The van der Waals surface area contributed by atoms with Gasteiger partial charge in [-0.2, -0.15) is 10.5 Å². The fraction of sp³-hybridized carbons (Fsp3) is 0.0500. The van der Waals surface area contributed by atoms with Gasteiger partial charge in [0.05, 0.1) is 11.4 Å². The highest BCUT2D eigenvalue weighted by molar-refractivity contribution is 7.98. The summed E-state index contributed by atoms with van der Waals surface area (Å²) in [5.74, 6) is 0.450. The molecule has 0 aliphatic carbocycles. The van der Waals surface area contributed by atoms with Crippen LogP contribution in [0.25, 0.3) is 11.3 Å². The van der Waals surface area contributed by atoms with Gasteiger partial charge in [0, 0.05) is 16.8 Å². The van der Waals surface area contributed by atoms with E-state index < -0.39 is 5.56 Å². The summed E-state index contributed by atoms with van der Waals surface area (Å²) in [5.41, 5.74) is 0.992. The number of hydrogen-bond acceptors (Lipinski definition) is 8. The van der Waals surface area contributed by atoms with Crippen LogP contribution in [-0.2, 0) is 5.75 Å². The topological polar surface area (TPSA) is 153 Å². The van der Waals surface area contributed by atoms with Gasteiger partial charge >= 0.3 is 0 Å². The predicted octanol–water partition coefficient (Wildman–Crippen LogP) is 2.37. The number of thioether (sulfide) groups is 1. The molecule has 10 nitrogen and oxygen atoms in total. The number of rotatable bonds is 6. The lowest BCUT2D eigenvalue weighted by atomic mass is 10.0. The number of para-hydroxylation sites is 1. The Hall–Kier alpha value is -4.30. The van der Waals surface area contributed by atoms with Crippen molar-refractivity contribution < 1.29 is 4.79 Å². The second-order valence-electron chi connectivity index (χ2n) is 6.22. The lowest BCUT2D eigenvalue weighted by Gasteiger charge is -2.09. The van der Waals surface area contributed by atoms with Crippen LogP contribution in [0.2, 0.25) is 0 Å². The second kappa shape index (κ2) is 9.02. The zero-order chi connectivity index (χ0) is 21.6. The highest BCUT2D eigenvalue weighted by atomic mass is 32.2. The van der Waals surface area contributed by atoms with Gasteiger partial charge in [0.25, 0.3) is 11.5 Å². The van der Waals surface area contributed by atoms with Crippen molar-refractivity contribution in [2.45, 2.75) is 10.9 Å². The third-order valence-electron chi connectivity index (χ3n) is 4.17. The Morgan fingerprint density at radius 2 is 2.00 bits per heavy atom. The number of aromatic amines is 2. The van der Waals surface area contributed by atoms with E-state index in [1.807, 2.05) is 24.3 Å². The molecule has 2 aromatic carbocycles. The quantitative estimate of drug-likeness (QED) is 0.311. The van der Waals surface area contributed by atoms with Crippen molar-refractivity contribution in [2.24, 2.45) is 0 Å². The third-order valence-corrected chi connectivity index (χ3v) is 5.04. The number of nitrogens with zero attached hydrogens (tertiary/aromatic N) is 5. The minimum atomic E-state index is -0.567. The first-order valence-electron chi connectivity index (χ1n) is 9.00. The van der Waals surface area contributed by atoms with Crippen molar-refractivity contribution in [1.82, 2.24) is 30.6 Å². The molecule has 3 N–H and O–H groups in total. The van der Waals surface area contributed by atoms with Crippen molar-refractivity contribution in [3.05, 3.63) is 81.9 Å². The molecule has 1 amide bonds. The van der Waals surface area contributed by atoms with Crippen molar-refractivity contribution >= 4 is 23.4 Å². The largest absolute Gasteiger partial charge is 0.322 e. The van der Waals surface area contributed by atoms with Crippen molar-refractivity contribution in [2.75, 3.05) is 5.32 Å². The van der Waals surface area contributed by atoms with E-state index >= 15 is 0 Å². The number of hydrogen-bond donors (Lipinski definition) is 3. The number of carbonyl (C=O) groups excluding carboxylic acids is 1. The van der Waals surface area contributed by atoms with Crippen LogP contribution in [0.4, 0.5) is 5.69 Å². The zero-order valence-electron chi connectivity index (χ0n) is 15.9. The maximum atomic E-state index is 12.6. The second-order valence-corrected chi connectivity index (χ2v) is 7.19.